The highest BCUT2D eigenvalue weighted by atomic mass is 19.1. The van der Waals surface area contributed by atoms with Gasteiger partial charge in [-0.25, -0.2) is 9.18 Å². The summed E-state index contributed by atoms with van der Waals surface area (Å²) >= 11 is 0. The van der Waals surface area contributed by atoms with E-state index in [0.717, 1.165) is 57.5 Å². The van der Waals surface area contributed by atoms with Crippen molar-refractivity contribution in [3.8, 4) is 0 Å². The molecule has 0 radical (unpaired) electrons. The van der Waals surface area contributed by atoms with Gasteiger partial charge in [0.1, 0.15) is 5.82 Å². The van der Waals surface area contributed by atoms with Crippen molar-refractivity contribution in [3.05, 3.63) is 34.0 Å². The van der Waals surface area contributed by atoms with Crippen molar-refractivity contribution in [3.63, 3.8) is 0 Å². The Morgan fingerprint density at radius 2 is 1.83 bits per heavy atom. The van der Waals surface area contributed by atoms with E-state index in [2.05, 4.69) is 9.88 Å². The molecule has 0 bridgehead atoms. The van der Waals surface area contributed by atoms with Crippen molar-refractivity contribution in [2.24, 2.45) is 0 Å². The summed E-state index contributed by atoms with van der Waals surface area (Å²) < 4.78 is 21.0. The minimum Gasteiger partial charge on any atom is -0.381 e. The summed E-state index contributed by atoms with van der Waals surface area (Å²) in [6.45, 7) is 5.47. The first-order chi connectivity index (χ1) is 11.6. The van der Waals surface area contributed by atoms with Crippen LogP contribution in [0.2, 0.25) is 0 Å². The van der Waals surface area contributed by atoms with Crippen molar-refractivity contribution >= 4 is 11.0 Å². The third-order valence-electron chi connectivity index (χ3n) is 5.57. The summed E-state index contributed by atoms with van der Waals surface area (Å²) in [4.78, 5) is 17.7. The third-order valence-corrected chi connectivity index (χ3v) is 5.57. The number of rotatable bonds is 2. The predicted molar refractivity (Wildman–Crippen MR) is 90.9 cm³/mol. The third kappa shape index (κ3) is 2.78. The number of halogens is 1. The topological polar surface area (TPSA) is 50.3 Å². The molecule has 2 aliphatic heterocycles. The molecular formula is C18H24FN3O2. The Hall–Kier alpha value is -1.66. The predicted octanol–water partition coefficient (Wildman–Crippen LogP) is 2.59. The Bertz CT molecular complexity index is 783. The zero-order valence-electron chi connectivity index (χ0n) is 14.1. The first-order valence-electron chi connectivity index (χ1n) is 8.85. The van der Waals surface area contributed by atoms with Crippen LogP contribution in [-0.4, -0.2) is 46.8 Å². The van der Waals surface area contributed by atoms with Gasteiger partial charge in [-0.2, -0.15) is 0 Å². The number of benzene rings is 1. The van der Waals surface area contributed by atoms with Gasteiger partial charge in [0.15, 0.2) is 0 Å². The number of aromatic nitrogens is 2. The molecule has 6 heteroatoms. The summed E-state index contributed by atoms with van der Waals surface area (Å²) in [6, 6.07) is 4.02. The second-order valence-corrected chi connectivity index (χ2v) is 7.03. The van der Waals surface area contributed by atoms with Crippen LogP contribution >= 0.6 is 0 Å². The van der Waals surface area contributed by atoms with Crippen molar-refractivity contribution < 1.29 is 9.13 Å². The van der Waals surface area contributed by atoms with Crippen molar-refractivity contribution in [2.75, 3.05) is 26.3 Å². The number of likely N-dealkylation sites (tertiary alicyclic amines) is 1. The number of nitrogens with zero attached hydrogens (tertiary/aromatic N) is 2. The summed E-state index contributed by atoms with van der Waals surface area (Å²) in [5, 5.41) is 0. The smallest absolute Gasteiger partial charge is 0.326 e. The summed E-state index contributed by atoms with van der Waals surface area (Å²) in [7, 11) is 0. The quantitative estimate of drug-likeness (QED) is 0.919. The lowest BCUT2D eigenvalue weighted by atomic mass is 9.99. The molecule has 5 nitrogen and oxygen atoms in total. The molecule has 2 saturated heterocycles. The first-order valence-corrected chi connectivity index (χ1v) is 8.85. The van der Waals surface area contributed by atoms with E-state index in [4.69, 9.17) is 4.74 Å². The van der Waals surface area contributed by atoms with Gasteiger partial charge in [-0.3, -0.25) is 4.57 Å². The molecule has 0 amide bonds. The van der Waals surface area contributed by atoms with Gasteiger partial charge in [0, 0.05) is 38.4 Å². The van der Waals surface area contributed by atoms with Gasteiger partial charge >= 0.3 is 5.69 Å². The maximum absolute atomic E-state index is 13.7. The van der Waals surface area contributed by atoms with E-state index in [1.807, 2.05) is 4.57 Å². The van der Waals surface area contributed by atoms with Gasteiger partial charge in [0.2, 0.25) is 0 Å². The first kappa shape index (κ1) is 15.8. The van der Waals surface area contributed by atoms with Gasteiger partial charge in [-0.15, -0.1) is 0 Å². The molecular weight excluding hydrogens is 309 g/mol. The van der Waals surface area contributed by atoms with Gasteiger partial charge in [0.25, 0.3) is 0 Å². The van der Waals surface area contributed by atoms with Crippen LogP contribution < -0.4 is 5.69 Å². The van der Waals surface area contributed by atoms with E-state index >= 15 is 0 Å². The molecule has 0 spiro atoms. The summed E-state index contributed by atoms with van der Waals surface area (Å²) in [5.74, 6) is -0.273. The summed E-state index contributed by atoms with van der Waals surface area (Å²) in [5.41, 5.74) is 1.87. The fourth-order valence-electron chi connectivity index (χ4n) is 4.17. The molecule has 1 aromatic heterocycles. The number of imidazole rings is 1. The standard InChI is InChI=1S/C18H24FN3O2/c1-12-10-17-16(11-15(12)19)20-18(23)22(17)14-2-6-21(7-3-14)13-4-8-24-9-5-13/h10-11,13-14H,2-9H2,1H3,(H,20,23). The van der Waals surface area contributed by atoms with E-state index in [1.54, 1.807) is 13.0 Å². The lowest BCUT2D eigenvalue weighted by Gasteiger charge is -2.39. The normalized spacial score (nSPS) is 21.6. The molecule has 24 heavy (non-hydrogen) atoms. The van der Waals surface area contributed by atoms with E-state index in [0.29, 0.717) is 17.1 Å². The minimum atomic E-state index is -0.273. The van der Waals surface area contributed by atoms with Gasteiger partial charge in [-0.05, 0) is 50.3 Å². The Balaban J connectivity index is 1.55. The second kappa shape index (κ2) is 6.33. The number of fused-ring (bicyclic) bond motifs is 1. The van der Waals surface area contributed by atoms with Gasteiger partial charge in [0.05, 0.1) is 11.0 Å². The Morgan fingerprint density at radius 1 is 1.12 bits per heavy atom. The van der Waals surface area contributed by atoms with Crippen LogP contribution in [0.5, 0.6) is 0 Å². The highest BCUT2D eigenvalue weighted by Crippen LogP contribution is 2.28. The molecule has 130 valence electrons. The maximum atomic E-state index is 13.7. The van der Waals surface area contributed by atoms with Gasteiger partial charge in [-0.1, -0.05) is 0 Å². The Morgan fingerprint density at radius 3 is 2.54 bits per heavy atom. The lowest BCUT2D eigenvalue weighted by molar-refractivity contribution is 0.0220. The van der Waals surface area contributed by atoms with Crippen LogP contribution in [0.3, 0.4) is 0 Å². The molecule has 4 rings (SSSR count). The number of H-pyrrole nitrogens is 1. The molecule has 0 saturated carbocycles. The van der Waals surface area contributed by atoms with Crippen LogP contribution in [0.4, 0.5) is 4.39 Å². The van der Waals surface area contributed by atoms with E-state index in [9.17, 15) is 9.18 Å². The highest BCUT2D eigenvalue weighted by Gasteiger charge is 2.28. The van der Waals surface area contributed by atoms with Crippen molar-refractivity contribution in [1.29, 1.82) is 0 Å². The van der Waals surface area contributed by atoms with E-state index < -0.39 is 0 Å². The molecule has 0 aliphatic carbocycles. The number of hydrogen-bond acceptors (Lipinski definition) is 3. The van der Waals surface area contributed by atoms with E-state index in [-0.39, 0.29) is 17.5 Å². The van der Waals surface area contributed by atoms with Crippen molar-refractivity contribution in [2.45, 2.75) is 44.7 Å². The zero-order chi connectivity index (χ0) is 16.7. The number of ether oxygens (including phenoxy) is 1. The number of piperidine rings is 1. The molecule has 0 unspecified atom stereocenters. The Kier molecular flexibility index (Phi) is 4.18. The number of aromatic amines is 1. The number of nitrogens with one attached hydrogen (secondary N) is 1. The van der Waals surface area contributed by atoms with Gasteiger partial charge < -0.3 is 14.6 Å². The molecule has 2 aromatic rings. The molecule has 2 fully saturated rings. The minimum absolute atomic E-state index is 0.125. The molecule has 0 atom stereocenters. The lowest BCUT2D eigenvalue weighted by Crippen LogP contribution is -2.45. The highest BCUT2D eigenvalue weighted by molar-refractivity contribution is 5.76. The van der Waals surface area contributed by atoms with Crippen LogP contribution in [-0.2, 0) is 4.74 Å². The zero-order valence-corrected chi connectivity index (χ0v) is 14.1. The fraction of sp³-hybridized carbons (Fsp3) is 0.611. The van der Waals surface area contributed by atoms with E-state index in [1.165, 1.54) is 6.07 Å². The molecule has 1 N–H and O–H groups in total. The monoisotopic (exact) mass is 333 g/mol. The average Bonchev–Trinajstić information content (AvgIpc) is 2.91. The molecule has 1 aromatic carbocycles. The Labute approximate surface area is 140 Å². The maximum Gasteiger partial charge on any atom is 0.326 e. The largest absolute Gasteiger partial charge is 0.381 e. The number of hydrogen-bond donors (Lipinski definition) is 1. The molecule has 3 heterocycles. The van der Waals surface area contributed by atoms with Crippen LogP contribution in [0.25, 0.3) is 11.0 Å². The van der Waals surface area contributed by atoms with Crippen LogP contribution in [0.15, 0.2) is 16.9 Å². The van der Waals surface area contributed by atoms with Crippen LogP contribution in [0, 0.1) is 12.7 Å². The number of aryl methyl sites for hydroxylation is 1. The SMILES string of the molecule is Cc1cc2c(cc1F)[nH]c(=O)n2C1CCN(C2CCOCC2)CC1. The molecule has 2 aliphatic rings. The van der Waals surface area contributed by atoms with Crippen LogP contribution in [0.1, 0.15) is 37.3 Å². The van der Waals surface area contributed by atoms with Crippen molar-refractivity contribution in [1.82, 2.24) is 14.5 Å². The average molecular weight is 333 g/mol. The fourth-order valence-corrected chi connectivity index (χ4v) is 4.17. The second-order valence-electron chi connectivity index (χ2n) is 7.03. The summed E-state index contributed by atoms with van der Waals surface area (Å²) in [6.07, 6.45) is 4.13.